The number of methoxy groups -OCH3 is 1. The van der Waals surface area contributed by atoms with Crippen LogP contribution in [0.2, 0.25) is 5.02 Å². The summed E-state index contributed by atoms with van der Waals surface area (Å²) in [4.78, 5) is 15.3. The van der Waals surface area contributed by atoms with Crippen LogP contribution in [-0.2, 0) is 0 Å². The molecule has 0 radical (unpaired) electrons. The molecule has 2 aliphatic rings. The van der Waals surface area contributed by atoms with E-state index in [1.54, 1.807) is 19.2 Å². The number of piperidine rings is 1. The Balaban J connectivity index is 1.87. The van der Waals surface area contributed by atoms with Gasteiger partial charge in [-0.15, -0.1) is 0 Å². The Morgan fingerprint density at radius 2 is 1.92 bits per heavy atom. The molecule has 3 rings (SSSR count). The van der Waals surface area contributed by atoms with Crippen LogP contribution in [0.5, 0.6) is 11.5 Å². The minimum absolute atomic E-state index is 0.0157. The number of nitrogens with zero attached hydrogens (tertiary/aromatic N) is 1. The highest BCUT2D eigenvalue weighted by Crippen LogP contribution is 2.39. The van der Waals surface area contributed by atoms with Gasteiger partial charge < -0.3 is 14.4 Å². The third-order valence-electron chi connectivity index (χ3n) is 5.33. The lowest BCUT2D eigenvalue weighted by Crippen LogP contribution is -2.49. The van der Waals surface area contributed by atoms with Crippen molar-refractivity contribution in [1.82, 2.24) is 4.90 Å². The largest absolute Gasteiger partial charge is 0.493 e. The van der Waals surface area contributed by atoms with E-state index in [4.69, 9.17) is 21.1 Å². The first kappa shape index (κ1) is 18.4. The Bertz CT molecular complexity index is 630. The van der Waals surface area contributed by atoms with Gasteiger partial charge in [-0.25, -0.2) is 0 Å². The molecule has 1 aromatic carbocycles. The number of rotatable bonds is 4. The maximum atomic E-state index is 13.2. The summed E-state index contributed by atoms with van der Waals surface area (Å²) in [6.07, 6.45) is 7.21. The van der Waals surface area contributed by atoms with Crippen molar-refractivity contribution in [3.63, 3.8) is 0 Å². The molecule has 138 valence electrons. The number of benzene rings is 1. The average Bonchev–Trinajstić information content (AvgIpc) is 2.61. The highest BCUT2D eigenvalue weighted by atomic mass is 35.5. The van der Waals surface area contributed by atoms with Gasteiger partial charge in [-0.05, 0) is 57.6 Å². The van der Waals surface area contributed by atoms with Crippen molar-refractivity contribution in [2.75, 3.05) is 13.7 Å². The molecule has 0 bridgehead atoms. The van der Waals surface area contributed by atoms with Gasteiger partial charge >= 0.3 is 0 Å². The van der Waals surface area contributed by atoms with Gasteiger partial charge in [-0.1, -0.05) is 24.4 Å². The Hall–Kier alpha value is -1.42. The number of fused-ring (bicyclic) bond motifs is 1. The highest BCUT2D eigenvalue weighted by Gasteiger charge is 2.36. The van der Waals surface area contributed by atoms with Gasteiger partial charge in [-0.2, -0.15) is 0 Å². The molecule has 2 fully saturated rings. The predicted octanol–water partition coefficient (Wildman–Crippen LogP) is 4.93. The lowest BCUT2D eigenvalue weighted by molar-refractivity contribution is 0.0390. The van der Waals surface area contributed by atoms with Crippen molar-refractivity contribution in [2.24, 2.45) is 5.92 Å². The Morgan fingerprint density at radius 1 is 1.20 bits per heavy atom. The van der Waals surface area contributed by atoms with Crippen molar-refractivity contribution in [3.05, 3.63) is 22.7 Å². The Labute approximate surface area is 155 Å². The van der Waals surface area contributed by atoms with Gasteiger partial charge in [-0.3, -0.25) is 4.79 Å². The van der Waals surface area contributed by atoms with Crippen LogP contribution in [0.3, 0.4) is 0 Å². The van der Waals surface area contributed by atoms with Crippen molar-refractivity contribution >= 4 is 17.5 Å². The average molecular weight is 366 g/mol. The van der Waals surface area contributed by atoms with Gasteiger partial charge in [0.15, 0.2) is 11.5 Å². The van der Waals surface area contributed by atoms with Gasteiger partial charge in [0.25, 0.3) is 5.91 Å². The zero-order valence-corrected chi connectivity index (χ0v) is 16.1. The number of amides is 1. The fourth-order valence-electron chi connectivity index (χ4n) is 4.24. The van der Waals surface area contributed by atoms with E-state index in [9.17, 15) is 4.79 Å². The summed E-state index contributed by atoms with van der Waals surface area (Å²) in [5.74, 6) is 1.74. The summed E-state index contributed by atoms with van der Waals surface area (Å²) in [5.41, 5.74) is 0.587. The summed E-state index contributed by atoms with van der Waals surface area (Å²) in [7, 11) is 1.57. The highest BCUT2D eigenvalue weighted by molar-refractivity contribution is 6.32. The molecule has 2 atom stereocenters. The van der Waals surface area contributed by atoms with Crippen molar-refractivity contribution < 1.29 is 14.3 Å². The standard InChI is InChI=1S/C20H28ClNO3/c1-13(2)25-19-16(21)11-15(12-18(19)24-3)20(23)22-10-6-8-14-7-4-5-9-17(14)22/h11-14,17H,4-10H2,1-3H3/t14-,17+/m0/s1. The summed E-state index contributed by atoms with van der Waals surface area (Å²) >= 11 is 6.40. The molecule has 1 saturated carbocycles. The smallest absolute Gasteiger partial charge is 0.254 e. The van der Waals surface area contributed by atoms with E-state index in [2.05, 4.69) is 4.90 Å². The lowest BCUT2D eigenvalue weighted by Gasteiger charge is -2.44. The van der Waals surface area contributed by atoms with Gasteiger partial charge in [0.1, 0.15) is 0 Å². The minimum Gasteiger partial charge on any atom is -0.493 e. The molecule has 0 aromatic heterocycles. The molecule has 1 heterocycles. The number of carbonyl (C=O) groups is 1. The van der Waals surface area contributed by atoms with Crippen LogP contribution < -0.4 is 9.47 Å². The quantitative estimate of drug-likeness (QED) is 0.759. The van der Waals surface area contributed by atoms with Crippen LogP contribution in [0.4, 0.5) is 0 Å². The molecule has 25 heavy (non-hydrogen) atoms. The third-order valence-corrected chi connectivity index (χ3v) is 5.61. The van der Waals surface area contributed by atoms with Crippen LogP contribution in [0.25, 0.3) is 0 Å². The molecular formula is C20H28ClNO3. The number of halogens is 1. The van der Waals surface area contributed by atoms with Crippen LogP contribution in [0.1, 0.15) is 62.7 Å². The van der Waals surface area contributed by atoms with Crippen molar-refractivity contribution in [2.45, 2.75) is 64.5 Å². The SMILES string of the molecule is COc1cc(C(=O)N2CCC[C@@H]3CCCC[C@H]32)cc(Cl)c1OC(C)C. The second-order valence-electron chi connectivity index (χ2n) is 7.41. The van der Waals surface area contributed by atoms with Crippen LogP contribution in [0.15, 0.2) is 12.1 Å². The first-order chi connectivity index (χ1) is 12.0. The molecule has 1 saturated heterocycles. The van der Waals surface area contributed by atoms with Gasteiger partial charge in [0.2, 0.25) is 0 Å². The van der Waals surface area contributed by atoms with E-state index < -0.39 is 0 Å². The molecule has 0 unspecified atom stereocenters. The minimum atomic E-state index is -0.0157. The number of hydrogen-bond acceptors (Lipinski definition) is 3. The summed E-state index contributed by atoms with van der Waals surface area (Å²) in [6, 6.07) is 3.86. The maximum absolute atomic E-state index is 13.2. The molecule has 4 nitrogen and oxygen atoms in total. The normalized spacial score (nSPS) is 23.3. The number of hydrogen-bond donors (Lipinski definition) is 0. The molecule has 1 aliphatic heterocycles. The lowest BCUT2D eigenvalue weighted by atomic mass is 9.78. The fourth-order valence-corrected chi connectivity index (χ4v) is 4.49. The summed E-state index contributed by atoms with van der Waals surface area (Å²) < 4.78 is 11.2. The molecule has 1 aliphatic carbocycles. The maximum Gasteiger partial charge on any atom is 0.254 e. The van der Waals surface area contributed by atoms with E-state index in [0.29, 0.717) is 34.0 Å². The Morgan fingerprint density at radius 3 is 2.64 bits per heavy atom. The van der Waals surface area contributed by atoms with E-state index in [0.717, 1.165) is 19.4 Å². The Kier molecular flexibility index (Phi) is 5.78. The molecule has 0 spiro atoms. The molecule has 5 heteroatoms. The first-order valence-corrected chi connectivity index (χ1v) is 9.74. The van der Waals surface area contributed by atoms with E-state index in [1.165, 1.54) is 25.7 Å². The van der Waals surface area contributed by atoms with Crippen molar-refractivity contribution in [1.29, 1.82) is 0 Å². The fraction of sp³-hybridized carbons (Fsp3) is 0.650. The van der Waals surface area contributed by atoms with Gasteiger partial charge in [0.05, 0.1) is 18.2 Å². The number of carbonyl (C=O) groups excluding carboxylic acids is 1. The number of ether oxygens (including phenoxy) is 2. The second kappa shape index (κ2) is 7.86. The van der Waals surface area contributed by atoms with Gasteiger partial charge in [0, 0.05) is 18.2 Å². The zero-order valence-electron chi connectivity index (χ0n) is 15.4. The second-order valence-corrected chi connectivity index (χ2v) is 7.82. The van der Waals surface area contributed by atoms with E-state index >= 15 is 0 Å². The van der Waals surface area contributed by atoms with Crippen LogP contribution in [-0.4, -0.2) is 36.6 Å². The van der Waals surface area contributed by atoms with Crippen LogP contribution in [0, 0.1) is 5.92 Å². The molecule has 0 N–H and O–H groups in total. The monoisotopic (exact) mass is 365 g/mol. The molecule has 1 amide bonds. The number of likely N-dealkylation sites (tertiary alicyclic amines) is 1. The van der Waals surface area contributed by atoms with E-state index in [1.807, 2.05) is 13.8 Å². The van der Waals surface area contributed by atoms with E-state index in [-0.39, 0.29) is 12.0 Å². The topological polar surface area (TPSA) is 38.8 Å². The summed E-state index contributed by atoms with van der Waals surface area (Å²) in [6.45, 7) is 4.71. The summed E-state index contributed by atoms with van der Waals surface area (Å²) in [5, 5.41) is 0.425. The third kappa shape index (κ3) is 3.89. The zero-order chi connectivity index (χ0) is 18.0. The van der Waals surface area contributed by atoms with Crippen molar-refractivity contribution in [3.8, 4) is 11.5 Å². The molecular weight excluding hydrogens is 338 g/mol. The first-order valence-electron chi connectivity index (χ1n) is 9.36. The predicted molar refractivity (Wildman–Crippen MR) is 99.8 cm³/mol. The van der Waals surface area contributed by atoms with Crippen LogP contribution >= 0.6 is 11.6 Å². The molecule has 1 aromatic rings.